The molecule has 30 heavy (non-hydrogen) atoms. The number of hydrogen-bond acceptors (Lipinski definition) is 6. The molecule has 2 aromatic heterocycles. The predicted molar refractivity (Wildman–Crippen MR) is 112 cm³/mol. The number of hydrogen-bond donors (Lipinski definition) is 1. The average molecular weight is 397 g/mol. The van der Waals surface area contributed by atoms with Gasteiger partial charge in [-0.2, -0.15) is 0 Å². The number of aromatic nitrogens is 3. The maximum atomic E-state index is 12.6. The Bertz CT molecular complexity index is 1330. The topological polar surface area (TPSA) is 98.5 Å². The van der Waals surface area contributed by atoms with Crippen LogP contribution in [0.25, 0.3) is 10.9 Å². The van der Waals surface area contributed by atoms with Crippen LogP contribution in [0.4, 0.5) is 11.5 Å². The first-order valence-corrected chi connectivity index (χ1v) is 9.21. The van der Waals surface area contributed by atoms with E-state index in [4.69, 9.17) is 4.74 Å². The van der Waals surface area contributed by atoms with Crippen LogP contribution in [0.1, 0.15) is 20.8 Å². The number of rotatable bonds is 0. The van der Waals surface area contributed by atoms with Gasteiger partial charge < -0.3 is 10.1 Å². The zero-order valence-corrected chi connectivity index (χ0v) is 15.6. The van der Waals surface area contributed by atoms with Crippen LogP contribution in [0.15, 0.2) is 72.1 Å². The van der Waals surface area contributed by atoms with Crippen LogP contribution < -0.4 is 10.1 Å². The molecule has 4 aromatic rings. The Morgan fingerprint density at radius 3 is 2.83 bits per heavy atom. The van der Waals surface area contributed by atoms with Gasteiger partial charge in [-0.25, -0.2) is 15.0 Å². The molecular weight excluding hydrogens is 382 g/mol. The monoisotopic (exact) mass is 397 g/mol. The van der Waals surface area contributed by atoms with Gasteiger partial charge in [-0.05, 0) is 36.4 Å². The van der Waals surface area contributed by atoms with Gasteiger partial charge in [-0.15, -0.1) is 0 Å². The van der Waals surface area contributed by atoms with E-state index in [2.05, 4.69) is 20.3 Å². The molecule has 1 aliphatic heterocycles. The summed E-state index contributed by atoms with van der Waals surface area (Å²) in [4.78, 5) is 37.9. The first-order valence-electron chi connectivity index (χ1n) is 9.21. The number of nitrogens with one attached hydrogen (secondary N) is 1. The second kappa shape index (κ2) is 7.25. The van der Waals surface area contributed by atoms with E-state index >= 15 is 0 Å². The molecule has 2 bridgehead atoms. The Morgan fingerprint density at radius 1 is 1.00 bits per heavy atom. The quantitative estimate of drug-likeness (QED) is 0.488. The highest BCUT2D eigenvalue weighted by molar-refractivity contribution is 6.05. The van der Waals surface area contributed by atoms with E-state index < -0.39 is 5.91 Å². The van der Waals surface area contributed by atoms with Crippen molar-refractivity contribution in [2.45, 2.75) is 0 Å². The maximum Gasteiger partial charge on any atom is 0.294 e. The minimum Gasteiger partial charge on any atom is -0.484 e. The maximum absolute atomic E-state index is 12.6. The molecule has 1 amide bonds. The number of amides is 1. The fraction of sp³-hybridized carbons (Fsp3) is 0.0455. The molecule has 8 heteroatoms. The van der Waals surface area contributed by atoms with Gasteiger partial charge in [0.05, 0.1) is 5.52 Å². The van der Waals surface area contributed by atoms with E-state index in [0.717, 1.165) is 16.6 Å². The molecule has 0 radical (unpaired) electrons. The van der Waals surface area contributed by atoms with E-state index in [9.17, 15) is 9.59 Å². The summed E-state index contributed by atoms with van der Waals surface area (Å²) in [6.45, 7) is -0.235. The zero-order valence-electron chi connectivity index (χ0n) is 15.6. The number of nitrogens with zero attached hydrogens (tertiary/aromatic N) is 4. The van der Waals surface area contributed by atoms with Crippen LogP contribution in [0, 0.1) is 0 Å². The Labute approximate surface area is 170 Å². The minimum absolute atomic E-state index is 0.171. The Kier molecular flexibility index (Phi) is 4.29. The molecule has 0 unspecified atom stereocenters. The van der Waals surface area contributed by atoms with E-state index in [0.29, 0.717) is 17.1 Å². The normalized spacial score (nSPS) is 13.7. The molecule has 3 heterocycles. The van der Waals surface area contributed by atoms with Crippen molar-refractivity contribution < 1.29 is 14.3 Å². The van der Waals surface area contributed by atoms with Gasteiger partial charge in [-0.1, -0.05) is 18.2 Å². The van der Waals surface area contributed by atoms with Crippen molar-refractivity contribution in [3.05, 3.63) is 78.4 Å². The molecule has 8 nitrogen and oxygen atoms in total. The molecule has 0 fully saturated rings. The number of para-hydroxylation sites is 1. The lowest BCUT2D eigenvalue weighted by Crippen LogP contribution is -2.22. The van der Waals surface area contributed by atoms with Crippen molar-refractivity contribution in [2.75, 3.05) is 11.9 Å². The molecule has 146 valence electrons. The molecule has 5 rings (SSSR count). The number of anilines is 2. The molecule has 2 aromatic carbocycles. The largest absolute Gasteiger partial charge is 0.484 e. The van der Waals surface area contributed by atoms with Gasteiger partial charge in [0.2, 0.25) is 0 Å². The Balaban J connectivity index is 1.68. The summed E-state index contributed by atoms with van der Waals surface area (Å²) >= 11 is 0. The molecule has 0 saturated heterocycles. The van der Waals surface area contributed by atoms with Gasteiger partial charge in [-0.3, -0.25) is 14.2 Å². The highest BCUT2D eigenvalue weighted by Crippen LogP contribution is 2.28. The standard InChI is InChI=1S/C22H15N5O3/c28-20-12-30-15-7-8-18-16(10-15)21(25-13-24-18)26-17-5-2-1-4-14(17)11-23-22(29)19-6-3-9-27(19)20/h1-11,13H,12H2,(H,24,25,26). The van der Waals surface area contributed by atoms with Crippen LogP contribution >= 0.6 is 0 Å². The summed E-state index contributed by atoms with van der Waals surface area (Å²) < 4.78 is 6.93. The Morgan fingerprint density at radius 2 is 1.90 bits per heavy atom. The van der Waals surface area contributed by atoms with Gasteiger partial charge in [0.1, 0.15) is 23.6 Å². The fourth-order valence-electron chi connectivity index (χ4n) is 3.26. The van der Waals surface area contributed by atoms with Crippen LogP contribution in [0.3, 0.4) is 0 Å². The van der Waals surface area contributed by atoms with E-state index in [1.807, 2.05) is 24.3 Å². The highest BCUT2D eigenvalue weighted by atomic mass is 16.5. The molecule has 0 aliphatic carbocycles. The molecular formula is C22H15N5O3. The van der Waals surface area contributed by atoms with E-state index in [1.54, 1.807) is 30.3 Å². The van der Waals surface area contributed by atoms with Crippen molar-refractivity contribution in [1.82, 2.24) is 14.5 Å². The summed E-state index contributed by atoms with van der Waals surface area (Å²) in [6.07, 6.45) is 4.46. The number of fused-ring (bicyclic) bond motifs is 3. The first-order chi connectivity index (χ1) is 14.7. The van der Waals surface area contributed by atoms with Gasteiger partial charge in [0, 0.05) is 29.0 Å². The highest BCUT2D eigenvalue weighted by Gasteiger charge is 2.16. The third kappa shape index (κ3) is 3.20. The van der Waals surface area contributed by atoms with Gasteiger partial charge in [0.15, 0.2) is 6.61 Å². The molecule has 1 aliphatic rings. The van der Waals surface area contributed by atoms with Crippen molar-refractivity contribution >= 4 is 40.4 Å². The zero-order chi connectivity index (χ0) is 20.5. The second-order valence-corrected chi connectivity index (χ2v) is 6.62. The lowest BCUT2D eigenvalue weighted by atomic mass is 10.1. The summed E-state index contributed by atoms with van der Waals surface area (Å²) in [5.41, 5.74) is 2.32. The SMILES string of the molecule is O=C1N=Cc2ccccc2Nc2ncnc3ccc(cc23)OCC(=O)n2cccc21. The molecule has 0 saturated carbocycles. The number of aliphatic imine (C=N–C) groups is 1. The van der Waals surface area contributed by atoms with Crippen molar-refractivity contribution in [2.24, 2.45) is 4.99 Å². The Hall–Kier alpha value is -4.33. The molecule has 0 spiro atoms. The lowest BCUT2D eigenvalue weighted by molar-refractivity contribution is 0.0821. The summed E-state index contributed by atoms with van der Waals surface area (Å²) in [5.74, 6) is 0.165. The smallest absolute Gasteiger partial charge is 0.294 e. The van der Waals surface area contributed by atoms with E-state index in [-0.39, 0.29) is 18.2 Å². The lowest BCUT2D eigenvalue weighted by Gasteiger charge is -2.12. The van der Waals surface area contributed by atoms with Crippen LogP contribution in [-0.2, 0) is 0 Å². The summed E-state index contributed by atoms with van der Waals surface area (Å²) in [5, 5.41) is 4.02. The summed E-state index contributed by atoms with van der Waals surface area (Å²) in [7, 11) is 0. The van der Waals surface area contributed by atoms with Crippen molar-refractivity contribution in [1.29, 1.82) is 0 Å². The number of carbonyl (C=O) groups is 2. The molecule has 0 atom stereocenters. The van der Waals surface area contributed by atoms with Crippen LogP contribution in [0.5, 0.6) is 5.75 Å². The van der Waals surface area contributed by atoms with Crippen LogP contribution in [-0.4, -0.2) is 39.2 Å². The number of carbonyl (C=O) groups excluding carboxylic acids is 2. The van der Waals surface area contributed by atoms with Crippen LogP contribution in [0.2, 0.25) is 0 Å². The third-order valence-corrected chi connectivity index (χ3v) is 4.74. The average Bonchev–Trinajstić information content (AvgIpc) is 3.26. The second-order valence-electron chi connectivity index (χ2n) is 6.62. The van der Waals surface area contributed by atoms with Crippen molar-refractivity contribution in [3.8, 4) is 5.75 Å². The molecule has 1 N–H and O–H groups in total. The summed E-state index contributed by atoms with van der Waals surface area (Å²) in [6, 6.07) is 15.9. The predicted octanol–water partition coefficient (Wildman–Crippen LogP) is 3.47. The number of ether oxygens (including phenoxy) is 1. The van der Waals surface area contributed by atoms with E-state index in [1.165, 1.54) is 23.3 Å². The van der Waals surface area contributed by atoms with Gasteiger partial charge in [0.25, 0.3) is 11.8 Å². The van der Waals surface area contributed by atoms with Crippen molar-refractivity contribution in [3.63, 3.8) is 0 Å². The third-order valence-electron chi connectivity index (χ3n) is 4.74. The minimum atomic E-state index is -0.525. The number of benzene rings is 2. The fourth-order valence-corrected chi connectivity index (χ4v) is 3.26. The van der Waals surface area contributed by atoms with Gasteiger partial charge >= 0.3 is 0 Å². The first kappa shape index (κ1) is 17.7.